The second-order valence-electron chi connectivity index (χ2n) is 3.09. The summed E-state index contributed by atoms with van der Waals surface area (Å²) in [5, 5.41) is 8.92. The summed E-state index contributed by atoms with van der Waals surface area (Å²) in [6, 6.07) is 0. The van der Waals surface area contributed by atoms with Crippen LogP contribution >= 0.6 is 0 Å². The van der Waals surface area contributed by atoms with E-state index in [9.17, 15) is 4.39 Å². The minimum absolute atomic E-state index is 0.372. The van der Waals surface area contributed by atoms with Gasteiger partial charge in [-0.3, -0.25) is 0 Å². The van der Waals surface area contributed by atoms with Crippen molar-refractivity contribution < 1.29 is 14.2 Å². The predicted octanol–water partition coefficient (Wildman–Crippen LogP) is 1.27. The van der Waals surface area contributed by atoms with Crippen molar-refractivity contribution in [2.45, 2.75) is 44.6 Å². The smallest absolute Gasteiger partial charge is 0.152 e. The summed E-state index contributed by atoms with van der Waals surface area (Å²) in [5.41, 5.74) is 0. The van der Waals surface area contributed by atoms with E-state index in [4.69, 9.17) is 9.84 Å². The summed E-state index contributed by atoms with van der Waals surface area (Å²) in [4.78, 5) is 0. The van der Waals surface area contributed by atoms with Crippen LogP contribution < -0.4 is 0 Å². The fraction of sp³-hybridized carbons (Fsp3) is 1.00. The summed E-state index contributed by atoms with van der Waals surface area (Å²) in [6.45, 7) is 2.10. The van der Waals surface area contributed by atoms with Crippen molar-refractivity contribution in [3.8, 4) is 0 Å². The Morgan fingerprint density at radius 3 is 2.73 bits per heavy atom. The number of hydrogen-bond donors (Lipinski definition) is 1. The van der Waals surface area contributed by atoms with E-state index in [0.29, 0.717) is 6.61 Å². The lowest BCUT2D eigenvalue weighted by Gasteiger charge is -2.26. The van der Waals surface area contributed by atoms with Gasteiger partial charge in [0.2, 0.25) is 0 Å². The molecule has 0 amide bonds. The van der Waals surface area contributed by atoms with E-state index in [0.717, 1.165) is 19.3 Å². The zero-order valence-corrected chi connectivity index (χ0v) is 6.79. The Bertz CT molecular complexity index is 111. The van der Waals surface area contributed by atoms with Gasteiger partial charge in [0.15, 0.2) is 6.17 Å². The van der Waals surface area contributed by atoms with Crippen LogP contribution in [0.4, 0.5) is 4.39 Å². The standard InChI is InChI=1S/C8H15FO2/c1-6(10)8(9)7-4-2-3-5-11-7/h6-8,10H,2-5H2,1H3. The Morgan fingerprint density at radius 1 is 1.55 bits per heavy atom. The molecule has 0 aliphatic carbocycles. The molecule has 11 heavy (non-hydrogen) atoms. The average molecular weight is 162 g/mol. The maximum Gasteiger partial charge on any atom is 0.152 e. The van der Waals surface area contributed by atoms with E-state index >= 15 is 0 Å². The van der Waals surface area contributed by atoms with Gasteiger partial charge in [-0.2, -0.15) is 0 Å². The van der Waals surface area contributed by atoms with E-state index in [2.05, 4.69) is 0 Å². The van der Waals surface area contributed by atoms with Crippen molar-refractivity contribution >= 4 is 0 Å². The lowest BCUT2D eigenvalue weighted by molar-refractivity contribution is -0.0679. The molecule has 3 unspecified atom stereocenters. The van der Waals surface area contributed by atoms with E-state index in [-0.39, 0.29) is 6.10 Å². The molecule has 1 rings (SSSR count). The number of rotatable bonds is 2. The van der Waals surface area contributed by atoms with Crippen LogP contribution in [0.2, 0.25) is 0 Å². The number of hydrogen-bond acceptors (Lipinski definition) is 2. The summed E-state index contributed by atoms with van der Waals surface area (Å²) in [7, 11) is 0. The Balaban J connectivity index is 2.32. The molecule has 0 spiro atoms. The third kappa shape index (κ3) is 2.42. The van der Waals surface area contributed by atoms with Crippen molar-refractivity contribution in [3.63, 3.8) is 0 Å². The molecule has 1 aliphatic heterocycles. The molecule has 0 aromatic heterocycles. The molecular formula is C8H15FO2. The lowest BCUT2D eigenvalue weighted by Crippen LogP contribution is -2.36. The van der Waals surface area contributed by atoms with Crippen molar-refractivity contribution in [1.29, 1.82) is 0 Å². The van der Waals surface area contributed by atoms with Crippen molar-refractivity contribution in [2.75, 3.05) is 6.61 Å². The first-order valence-electron chi connectivity index (χ1n) is 4.15. The molecule has 0 bridgehead atoms. The predicted molar refractivity (Wildman–Crippen MR) is 40.2 cm³/mol. The fourth-order valence-electron chi connectivity index (χ4n) is 1.33. The second kappa shape index (κ2) is 4.02. The van der Waals surface area contributed by atoms with Gasteiger partial charge in [-0.05, 0) is 26.2 Å². The van der Waals surface area contributed by atoms with Gasteiger partial charge in [-0.1, -0.05) is 0 Å². The van der Waals surface area contributed by atoms with Gasteiger partial charge in [0.25, 0.3) is 0 Å². The summed E-state index contributed by atoms with van der Waals surface area (Å²) >= 11 is 0. The summed E-state index contributed by atoms with van der Waals surface area (Å²) in [5.74, 6) is 0. The first-order valence-corrected chi connectivity index (χ1v) is 4.15. The Hall–Kier alpha value is -0.150. The average Bonchev–Trinajstić information content (AvgIpc) is 2.05. The normalized spacial score (nSPS) is 31.4. The third-order valence-electron chi connectivity index (χ3n) is 2.03. The Kier molecular flexibility index (Phi) is 3.27. The Labute approximate surface area is 66.4 Å². The highest BCUT2D eigenvalue weighted by Gasteiger charge is 2.27. The van der Waals surface area contributed by atoms with Gasteiger partial charge in [0, 0.05) is 6.61 Å². The zero-order chi connectivity index (χ0) is 8.27. The van der Waals surface area contributed by atoms with Crippen LogP contribution in [0.25, 0.3) is 0 Å². The second-order valence-corrected chi connectivity index (χ2v) is 3.09. The number of alkyl halides is 1. The van der Waals surface area contributed by atoms with E-state index < -0.39 is 12.3 Å². The fourth-order valence-corrected chi connectivity index (χ4v) is 1.33. The molecule has 0 radical (unpaired) electrons. The molecule has 3 atom stereocenters. The molecule has 0 aromatic carbocycles. The number of ether oxygens (including phenoxy) is 1. The zero-order valence-electron chi connectivity index (χ0n) is 6.79. The van der Waals surface area contributed by atoms with Crippen LogP contribution in [0, 0.1) is 0 Å². The minimum Gasteiger partial charge on any atom is -0.390 e. The lowest BCUT2D eigenvalue weighted by atomic mass is 10.0. The summed E-state index contributed by atoms with van der Waals surface area (Å²) in [6.07, 6.45) is 0.282. The monoisotopic (exact) mass is 162 g/mol. The molecule has 1 fully saturated rings. The van der Waals surface area contributed by atoms with Crippen LogP contribution in [0.3, 0.4) is 0 Å². The van der Waals surface area contributed by atoms with Crippen molar-refractivity contribution in [2.24, 2.45) is 0 Å². The van der Waals surface area contributed by atoms with Gasteiger partial charge in [-0.15, -0.1) is 0 Å². The quantitative estimate of drug-likeness (QED) is 0.662. The highest BCUT2D eigenvalue weighted by atomic mass is 19.1. The third-order valence-corrected chi connectivity index (χ3v) is 2.03. The molecule has 66 valence electrons. The molecule has 1 aliphatic rings. The maximum atomic E-state index is 13.0. The Morgan fingerprint density at radius 2 is 2.27 bits per heavy atom. The first kappa shape index (κ1) is 8.94. The largest absolute Gasteiger partial charge is 0.390 e. The van der Waals surface area contributed by atoms with Crippen LogP contribution in [0.5, 0.6) is 0 Å². The molecule has 3 heteroatoms. The van der Waals surface area contributed by atoms with Gasteiger partial charge >= 0.3 is 0 Å². The van der Waals surface area contributed by atoms with Gasteiger partial charge in [-0.25, -0.2) is 4.39 Å². The molecule has 2 nitrogen and oxygen atoms in total. The number of aliphatic hydroxyl groups is 1. The van der Waals surface area contributed by atoms with E-state index in [1.807, 2.05) is 0 Å². The highest BCUT2D eigenvalue weighted by Crippen LogP contribution is 2.19. The SMILES string of the molecule is CC(O)C(F)C1CCCCO1. The molecule has 1 saturated heterocycles. The van der Waals surface area contributed by atoms with Crippen LogP contribution in [0.15, 0.2) is 0 Å². The molecule has 0 saturated carbocycles. The van der Waals surface area contributed by atoms with Crippen LogP contribution in [0.1, 0.15) is 26.2 Å². The van der Waals surface area contributed by atoms with Crippen LogP contribution in [-0.4, -0.2) is 30.1 Å². The van der Waals surface area contributed by atoms with Gasteiger partial charge < -0.3 is 9.84 Å². The highest BCUT2D eigenvalue weighted by molar-refractivity contribution is 4.76. The molecule has 1 N–H and O–H groups in total. The maximum absolute atomic E-state index is 13.0. The van der Waals surface area contributed by atoms with E-state index in [1.165, 1.54) is 6.92 Å². The minimum atomic E-state index is -1.21. The van der Waals surface area contributed by atoms with Crippen LogP contribution in [-0.2, 0) is 4.74 Å². The number of aliphatic hydroxyl groups excluding tert-OH is 1. The topological polar surface area (TPSA) is 29.5 Å². The molecular weight excluding hydrogens is 147 g/mol. The van der Waals surface area contributed by atoms with Gasteiger partial charge in [0.1, 0.15) is 0 Å². The summed E-state index contributed by atoms with van der Waals surface area (Å²) < 4.78 is 18.2. The number of halogens is 1. The van der Waals surface area contributed by atoms with Gasteiger partial charge in [0.05, 0.1) is 12.2 Å². The molecule has 0 aromatic rings. The van der Waals surface area contributed by atoms with Crippen molar-refractivity contribution in [1.82, 2.24) is 0 Å². The molecule has 1 heterocycles. The first-order chi connectivity index (χ1) is 5.22. The van der Waals surface area contributed by atoms with E-state index in [1.54, 1.807) is 0 Å². The van der Waals surface area contributed by atoms with Crippen molar-refractivity contribution in [3.05, 3.63) is 0 Å².